The molecule has 3 aromatic carbocycles. The van der Waals surface area contributed by atoms with Gasteiger partial charge in [0.25, 0.3) is 5.91 Å². The van der Waals surface area contributed by atoms with Crippen LogP contribution in [-0.4, -0.2) is 31.1 Å². The van der Waals surface area contributed by atoms with Crippen molar-refractivity contribution in [1.29, 1.82) is 0 Å². The Kier molecular flexibility index (Phi) is 9.28. The minimum absolute atomic E-state index is 0.0594. The first-order valence-corrected chi connectivity index (χ1v) is 12.6. The average molecular weight is 744 g/mol. The SMILES string of the molecule is CN(C(=O)c1ccc(Cl)cc1)c1cccc(C(=O)Cc2c(I)cc(C(F)(C(F)(F)F)C(F)(F)F)cc2C(F)(F)F)c1F. The highest BCUT2D eigenvalue weighted by molar-refractivity contribution is 14.1. The van der Waals surface area contributed by atoms with Crippen molar-refractivity contribution in [2.75, 3.05) is 11.9 Å². The van der Waals surface area contributed by atoms with E-state index < -0.39 is 85.7 Å². The normalized spacial score (nSPS) is 12.8. The number of carbonyl (C=O) groups excluding carboxylic acids is 2. The second-order valence-corrected chi connectivity index (χ2v) is 10.3. The van der Waals surface area contributed by atoms with Gasteiger partial charge >= 0.3 is 24.2 Å². The van der Waals surface area contributed by atoms with Crippen LogP contribution in [0, 0.1) is 9.39 Å². The summed E-state index contributed by atoms with van der Waals surface area (Å²) in [5.41, 5.74) is -13.1. The van der Waals surface area contributed by atoms with Crippen LogP contribution >= 0.6 is 34.2 Å². The topological polar surface area (TPSA) is 37.4 Å². The molecule has 0 aliphatic heterocycles. The molecule has 0 fully saturated rings. The summed E-state index contributed by atoms with van der Waals surface area (Å²) in [6, 6.07) is 7.65. The van der Waals surface area contributed by atoms with Gasteiger partial charge in [-0.15, -0.1) is 0 Å². The second-order valence-electron chi connectivity index (χ2n) is 8.75. The third-order valence-corrected chi connectivity index (χ3v) is 7.27. The molecule has 0 radical (unpaired) electrons. The zero-order chi connectivity index (χ0) is 32.0. The zero-order valence-electron chi connectivity index (χ0n) is 20.6. The molecule has 3 aromatic rings. The smallest absolute Gasteiger partial charge is 0.309 e. The van der Waals surface area contributed by atoms with Crippen LogP contribution in [0.1, 0.15) is 37.4 Å². The number of Topliss-reactive ketones (excluding diaryl/α,β-unsaturated/α-hetero) is 1. The number of alkyl halides is 10. The summed E-state index contributed by atoms with van der Waals surface area (Å²) in [4.78, 5) is 26.5. The van der Waals surface area contributed by atoms with Gasteiger partial charge in [0.05, 0.1) is 16.8 Å². The largest absolute Gasteiger partial charge is 0.435 e. The molecule has 0 spiro atoms. The van der Waals surface area contributed by atoms with Gasteiger partial charge in [-0.05, 0) is 76.7 Å². The summed E-state index contributed by atoms with van der Waals surface area (Å²) >= 11 is 6.70. The molecule has 0 aliphatic rings. The van der Waals surface area contributed by atoms with E-state index in [1.807, 2.05) is 0 Å². The van der Waals surface area contributed by atoms with Gasteiger partial charge in [-0.3, -0.25) is 9.59 Å². The third-order valence-electron chi connectivity index (χ3n) is 6.05. The van der Waals surface area contributed by atoms with E-state index in [2.05, 4.69) is 0 Å². The van der Waals surface area contributed by atoms with Crippen molar-refractivity contribution < 1.29 is 57.9 Å². The predicted octanol–water partition coefficient (Wildman–Crippen LogP) is 9.09. The highest BCUT2D eigenvalue weighted by atomic mass is 127. The molecule has 0 atom stereocenters. The van der Waals surface area contributed by atoms with Gasteiger partial charge in [-0.1, -0.05) is 17.7 Å². The van der Waals surface area contributed by atoms with E-state index in [0.717, 1.165) is 52.7 Å². The number of benzene rings is 3. The molecular weight excluding hydrogens is 730 g/mol. The first-order valence-electron chi connectivity index (χ1n) is 11.2. The van der Waals surface area contributed by atoms with Crippen LogP contribution in [0.4, 0.5) is 54.0 Å². The number of carbonyl (C=O) groups is 2. The van der Waals surface area contributed by atoms with Crippen LogP contribution in [0.5, 0.6) is 0 Å². The van der Waals surface area contributed by atoms with Crippen LogP contribution < -0.4 is 4.90 Å². The molecule has 42 heavy (non-hydrogen) atoms. The fourth-order valence-electron chi connectivity index (χ4n) is 3.90. The molecule has 0 unspecified atom stereocenters. The van der Waals surface area contributed by atoms with Crippen molar-refractivity contribution >= 4 is 51.6 Å². The average Bonchev–Trinajstić information content (AvgIpc) is 2.86. The molecule has 3 nitrogen and oxygen atoms in total. The van der Waals surface area contributed by atoms with E-state index in [0.29, 0.717) is 5.02 Å². The fraction of sp³-hybridized carbons (Fsp3) is 0.231. The van der Waals surface area contributed by atoms with Crippen molar-refractivity contribution in [3.8, 4) is 0 Å². The van der Waals surface area contributed by atoms with Gasteiger partial charge in [-0.25, -0.2) is 8.78 Å². The zero-order valence-corrected chi connectivity index (χ0v) is 23.5. The monoisotopic (exact) mass is 743 g/mol. The fourth-order valence-corrected chi connectivity index (χ4v) is 4.84. The molecule has 0 saturated heterocycles. The molecule has 0 aliphatic carbocycles. The van der Waals surface area contributed by atoms with Gasteiger partial charge in [0.15, 0.2) is 11.6 Å². The number of hydrogen-bond acceptors (Lipinski definition) is 2. The van der Waals surface area contributed by atoms with Gasteiger partial charge in [0, 0.05) is 33.2 Å². The molecule has 1 amide bonds. The summed E-state index contributed by atoms with van der Waals surface area (Å²) in [5.74, 6) is -3.47. The summed E-state index contributed by atoms with van der Waals surface area (Å²) in [6.45, 7) is 0. The van der Waals surface area contributed by atoms with Crippen LogP contribution in [0.25, 0.3) is 0 Å². The summed E-state index contributed by atoms with van der Waals surface area (Å²) in [7, 11) is 1.14. The first-order chi connectivity index (χ1) is 19.1. The summed E-state index contributed by atoms with van der Waals surface area (Å²) in [5, 5.41) is 0.294. The Bertz CT molecular complexity index is 1500. The van der Waals surface area contributed by atoms with Crippen molar-refractivity contribution in [2.45, 2.75) is 30.6 Å². The lowest BCUT2D eigenvalue weighted by molar-refractivity contribution is -0.348. The second kappa shape index (κ2) is 11.6. The maximum absolute atomic E-state index is 15.4. The van der Waals surface area contributed by atoms with E-state index in [4.69, 9.17) is 11.6 Å². The van der Waals surface area contributed by atoms with Gasteiger partial charge in [-0.2, -0.15) is 39.5 Å². The molecule has 0 aromatic heterocycles. The standard InChI is InChI=1S/C26H14ClF11INO2/c1-40(22(42)12-5-7-14(27)8-6-12)19-4-2-3-15(21(19)28)20(41)11-16-17(24(30,31)32)9-13(10-18(16)39)23(29,25(33,34)35)26(36,37)38/h2-10H,11H2,1H3. The molecule has 16 heteroatoms. The Hall–Kier alpha value is -2.95. The number of hydrogen-bond donors (Lipinski definition) is 0. The van der Waals surface area contributed by atoms with E-state index in [9.17, 15) is 53.5 Å². The highest BCUT2D eigenvalue weighted by Gasteiger charge is 2.73. The van der Waals surface area contributed by atoms with Crippen LogP contribution in [0.15, 0.2) is 54.6 Å². The highest BCUT2D eigenvalue weighted by Crippen LogP contribution is 2.54. The minimum Gasteiger partial charge on any atom is -0.309 e. The Morgan fingerprint density at radius 2 is 1.40 bits per heavy atom. The Labute approximate surface area is 248 Å². The third kappa shape index (κ3) is 6.35. The van der Waals surface area contributed by atoms with Crippen LogP contribution in [0.2, 0.25) is 5.02 Å². The van der Waals surface area contributed by atoms with Gasteiger partial charge in [0.2, 0.25) is 0 Å². The molecule has 0 heterocycles. The number of amides is 1. The number of anilines is 1. The van der Waals surface area contributed by atoms with Crippen molar-refractivity contribution in [2.24, 2.45) is 0 Å². The summed E-state index contributed by atoms with van der Waals surface area (Å²) < 4.78 is 150. The number of halogens is 13. The molecule has 0 bridgehead atoms. The van der Waals surface area contributed by atoms with Crippen LogP contribution in [0.3, 0.4) is 0 Å². The Balaban J connectivity index is 2.07. The quantitative estimate of drug-likeness (QED) is 0.144. The molecule has 0 saturated carbocycles. The van der Waals surface area contributed by atoms with Gasteiger partial charge in [0.1, 0.15) is 0 Å². The van der Waals surface area contributed by atoms with E-state index in [1.165, 1.54) is 24.3 Å². The van der Waals surface area contributed by atoms with Crippen LogP contribution in [-0.2, 0) is 18.3 Å². The molecule has 3 rings (SSSR count). The molecule has 0 N–H and O–H groups in total. The molecule has 226 valence electrons. The van der Waals surface area contributed by atoms with Crippen molar-refractivity contribution in [3.63, 3.8) is 0 Å². The van der Waals surface area contributed by atoms with E-state index in [-0.39, 0.29) is 11.6 Å². The van der Waals surface area contributed by atoms with Crippen molar-refractivity contribution in [3.05, 3.63) is 96.8 Å². The molecular formula is C26H14ClF11INO2. The summed E-state index contributed by atoms with van der Waals surface area (Å²) in [6.07, 6.45) is -20.4. The van der Waals surface area contributed by atoms with E-state index in [1.54, 1.807) is 0 Å². The lowest BCUT2D eigenvalue weighted by Gasteiger charge is -2.31. The Morgan fingerprint density at radius 1 is 0.857 bits per heavy atom. The number of rotatable bonds is 6. The lowest BCUT2D eigenvalue weighted by atomic mass is 9.89. The van der Waals surface area contributed by atoms with E-state index >= 15 is 4.39 Å². The Morgan fingerprint density at radius 3 is 1.90 bits per heavy atom. The number of ketones is 1. The number of nitrogens with zero attached hydrogens (tertiary/aromatic N) is 1. The predicted molar refractivity (Wildman–Crippen MR) is 138 cm³/mol. The lowest BCUT2D eigenvalue weighted by Crippen LogP contribution is -2.50. The maximum Gasteiger partial charge on any atom is 0.435 e. The maximum atomic E-state index is 15.4. The first kappa shape index (κ1) is 33.6. The minimum atomic E-state index is -6.69. The van der Waals surface area contributed by atoms with Crippen molar-refractivity contribution in [1.82, 2.24) is 0 Å². The van der Waals surface area contributed by atoms with Gasteiger partial charge < -0.3 is 4.90 Å².